The average Bonchev–Trinajstić information content (AvgIpc) is 3.39. The van der Waals surface area contributed by atoms with E-state index in [-0.39, 0.29) is 13.2 Å². The van der Waals surface area contributed by atoms with Gasteiger partial charge < -0.3 is 25.4 Å². The number of nitrogens with one attached hydrogen (secondary N) is 3. The number of rotatable bonds is 4. The van der Waals surface area contributed by atoms with E-state index in [1.807, 2.05) is 17.5 Å². The number of ether oxygens (including phenoxy) is 2. The maximum absolute atomic E-state index is 12.5. The Bertz CT molecular complexity index is 1210. The van der Waals surface area contributed by atoms with Crippen molar-refractivity contribution in [3.63, 3.8) is 0 Å². The maximum atomic E-state index is 12.5. The highest BCUT2D eigenvalue weighted by molar-refractivity contribution is 7.14. The van der Waals surface area contributed by atoms with Crippen molar-refractivity contribution in [2.45, 2.75) is 12.5 Å². The summed E-state index contributed by atoms with van der Waals surface area (Å²) in [4.78, 5) is 41.8. The number of anilines is 2. The van der Waals surface area contributed by atoms with Crippen LogP contribution in [-0.4, -0.2) is 35.5 Å². The number of aromatic nitrogens is 1. The molecule has 3 aromatic rings. The SMILES string of the molecule is O=C(CC1NC(=O)c2ccccc2NC1=O)Nc1nc(-c2ccc3c(c2)OCO3)cs1. The van der Waals surface area contributed by atoms with Gasteiger partial charge in [-0.2, -0.15) is 0 Å². The van der Waals surface area contributed by atoms with Crippen molar-refractivity contribution in [3.05, 3.63) is 53.4 Å². The number of carbonyl (C=O) groups excluding carboxylic acids is 3. The number of nitrogens with zero attached hydrogens (tertiary/aromatic N) is 1. The van der Waals surface area contributed by atoms with Gasteiger partial charge in [0.05, 0.1) is 23.4 Å². The molecule has 1 unspecified atom stereocenters. The van der Waals surface area contributed by atoms with Crippen LogP contribution in [0, 0.1) is 0 Å². The quantitative estimate of drug-likeness (QED) is 0.579. The van der Waals surface area contributed by atoms with E-state index in [4.69, 9.17) is 9.47 Å². The van der Waals surface area contributed by atoms with Crippen molar-refractivity contribution in [1.29, 1.82) is 0 Å². The van der Waals surface area contributed by atoms with Crippen molar-refractivity contribution >= 4 is 39.9 Å². The van der Waals surface area contributed by atoms with E-state index in [1.54, 1.807) is 30.3 Å². The lowest BCUT2D eigenvalue weighted by Crippen LogP contribution is -2.43. The molecule has 2 aliphatic heterocycles. The van der Waals surface area contributed by atoms with E-state index in [1.165, 1.54) is 11.3 Å². The first-order valence-electron chi connectivity index (χ1n) is 9.43. The molecule has 0 fully saturated rings. The molecule has 9 nitrogen and oxygen atoms in total. The van der Waals surface area contributed by atoms with Crippen LogP contribution in [0.15, 0.2) is 47.8 Å². The molecule has 156 valence electrons. The lowest BCUT2D eigenvalue weighted by Gasteiger charge is -2.13. The van der Waals surface area contributed by atoms with Gasteiger partial charge in [-0.25, -0.2) is 4.98 Å². The first-order chi connectivity index (χ1) is 15.1. The van der Waals surface area contributed by atoms with Crippen LogP contribution in [0.5, 0.6) is 11.5 Å². The molecule has 0 saturated carbocycles. The zero-order chi connectivity index (χ0) is 21.4. The minimum Gasteiger partial charge on any atom is -0.454 e. The molecule has 0 aliphatic carbocycles. The lowest BCUT2D eigenvalue weighted by molar-refractivity contribution is -0.122. The molecular formula is C21H16N4O5S. The zero-order valence-corrected chi connectivity index (χ0v) is 16.8. The van der Waals surface area contributed by atoms with Crippen LogP contribution in [0.4, 0.5) is 10.8 Å². The molecule has 3 amide bonds. The van der Waals surface area contributed by atoms with Crippen molar-refractivity contribution in [1.82, 2.24) is 10.3 Å². The van der Waals surface area contributed by atoms with Crippen LogP contribution in [-0.2, 0) is 9.59 Å². The second-order valence-electron chi connectivity index (χ2n) is 6.92. The predicted octanol–water partition coefficient (Wildman–Crippen LogP) is 2.62. The molecule has 1 atom stereocenters. The van der Waals surface area contributed by atoms with E-state index >= 15 is 0 Å². The van der Waals surface area contributed by atoms with E-state index < -0.39 is 23.8 Å². The van der Waals surface area contributed by atoms with Crippen LogP contribution >= 0.6 is 11.3 Å². The zero-order valence-electron chi connectivity index (χ0n) is 16.0. The van der Waals surface area contributed by atoms with Gasteiger partial charge in [0.25, 0.3) is 5.91 Å². The van der Waals surface area contributed by atoms with E-state index in [9.17, 15) is 14.4 Å². The molecule has 1 aromatic heterocycles. The molecule has 3 N–H and O–H groups in total. The smallest absolute Gasteiger partial charge is 0.254 e. The number of hydrogen-bond acceptors (Lipinski definition) is 7. The van der Waals surface area contributed by atoms with Gasteiger partial charge in [0.1, 0.15) is 6.04 Å². The summed E-state index contributed by atoms with van der Waals surface area (Å²) in [5.41, 5.74) is 2.27. The molecule has 0 saturated heterocycles. The Labute approximate surface area is 180 Å². The number of para-hydroxylation sites is 1. The summed E-state index contributed by atoms with van der Waals surface area (Å²) in [6.07, 6.45) is -0.218. The third kappa shape index (κ3) is 3.80. The number of fused-ring (bicyclic) bond motifs is 2. The molecule has 2 aliphatic rings. The molecule has 2 aromatic carbocycles. The first-order valence-corrected chi connectivity index (χ1v) is 10.3. The molecular weight excluding hydrogens is 420 g/mol. The summed E-state index contributed by atoms with van der Waals surface area (Å²) >= 11 is 1.26. The van der Waals surface area contributed by atoms with Crippen molar-refractivity contribution in [2.75, 3.05) is 17.4 Å². The molecule has 31 heavy (non-hydrogen) atoms. The average molecular weight is 436 g/mol. The predicted molar refractivity (Wildman–Crippen MR) is 113 cm³/mol. The number of hydrogen-bond donors (Lipinski definition) is 3. The van der Waals surface area contributed by atoms with Gasteiger partial charge in [-0.1, -0.05) is 12.1 Å². The summed E-state index contributed by atoms with van der Waals surface area (Å²) in [5, 5.41) is 10.2. The summed E-state index contributed by atoms with van der Waals surface area (Å²) in [6.45, 7) is 0.188. The van der Waals surface area contributed by atoms with Gasteiger partial charge >= 0.3 is 0 Å². The molecule has 5 rings (SSSR count). The summed E-state index contributed by atoms with van der Waals surface area (Å²) in [7, 11) is 0. The van der Waals surface area contributed by atoms with E-state index in [0.717, 1.165) is 5.56 Å². The number of carbonyl (C=O) groups is 3. The molecule has 10 heteroatoms. The summed E-state index contributed by atoms with van der Waals surface area (Å²) in [6, 6.07) is 11.2. The number of benzene rings is 2. The van der Waals surface area contributed by atoms with E-state index in [2.05, 4.69) is 20.9 Å². The highest BCUT2D eigenvalue weighted by atomic mass is 32.1. The van der Waals surface area contributed by atoms with Crippen molar-refractivity contribution in [2.24, 2.45) is 0 Å². The monoisotopic (exact) mass is 436 g/mol. The Morgan fingerprint density at radius 1 is 1.16 bits per heavy atom. The van der Waals surface area contributed by atoms with Crippen LogP contribution in [0.2, 0.25) is 0 Å². The maximum Gasteiger partial charge on any atom is 0.254 e. The Morgan fingerprint density at radius 3 is 2.90 bits per heavy atom. The molecule has 3 heterocycles. The van der Waals surface area contributed by atoms with Gasteiger partial charge in [0.15, 0.2) is 16.6 Å². The molecule has 0 spiro atoms. The van der Waals surface area contributed by atoms with Crippen LogP contribution in [0.25, 0.3) is 11.3 Å². The Hall–Kier alpha value is -3.92. The van der Waals surface area contributed by atoms with Gasteiger partial charge in [0.2, 0.25) is 18.6 Å². The highest BCUT2D eigenvalue weighted by Crippen LogP contribution is 2.36. The minimum absolute atomic E-state index is 0.188. The largest absolute Gasteiger partial charge is 0.454 e. The highest BCUT2D eigenvalue weighted by Gasteiger charge is 2.29. The van der Waals surface area contributed by atoms with Crippen LogP contribution in [0.3, 0.4) is 0 Å². The van der Waals surface area contributed by atoms with Gasteiger partial charge in [-0.15, -0.1) is 11.3 Å². The Morgan fingerprint density at radius 2 is 2.00 bits per heavy atom. The lowest BCUT2D eigenvalue weighted by atomic mass is 10.1. The molecule has 0 bridgehead atoms. The second kappa shape index (κ2) is 7.73. The van der Waals surface area contributed by atoms with Gasteiger partial charge in [-0.3, -0.25) is 14.4 Å². The normalized spacial score (nSPS) is 16.7. The van der Waals surface area contributed by atoms with Crippen LogP contribution < -0.4 is 25.4 Å². The summed E-state index contributed by atoms with van der Waals surface area (Å²) in [5.74, 6) is 0.0308. The first kappa shape index (κ1) is 19.1. The fourth-order valence-electron chi connectivity index (χ4n) is 3.33. The fraction of sp³-hybridized carbons (Fsp3) is 0.143. The van der Waals surface area contributed by atoms with Crippen LogP contribution in [0.1, 0.15) is 16.8 Å². The van der Waals surface area contributed by atoms with E-state index in [0.29, 0.717) is 33.6 Å². The third-order valence-electron chi connectivity index (χ3n) is 4.86. The second-order valence-corrected chi connectivity index (χ2v) is 7.78. The summed E-state index contributed by atoms with van der Waals surface area (Å²) < 4.78 is 10.7. The third-order valence-corrected chi connectivity index (χ3v) is 5.62. The Kier molecular flexibility index (Phi) is 4.75. The number of thiazole rings is 1. The standard InChI is InChI=1S/C21H16N4O5S/c26-18(8-14-20(28)22-13-4-2-1-3-12(13)19(27)23-14)25-21-24-15(9-31-21)11-5-6-16-17(7-11)30-10-29-16/h1-7,9,14H,8,10H2,(H,22,28)(H,23,27)(H,24,25,26). The number of amides is 3. The van der Waals surface area contributed by atoms with Crippen molar-refractivity contribution < 1.29 is 23.9 Å². The minimum atomic E-state index is -0.992. The topological polar surface area (TPSA) is 119 Å². The fourth-order valence-corrected chi connectivity index (χ4v) is 4.07. The Balaban J connectivity index is 1.25. The molecule has 0 radical (unpaired) electrons. The van der Waals surface area contributed by atoms with Crippen molar-refractivity contribution in [3.8, 4) is 22.8 Å². The van der Waals surface area contributed by atoms with Gasteiger partial charge in [0, 0.05) is 10.9 Å². The van der Waals surface area contributed by atoms with Gasteiger partial charge in [-0.05, 0) is 30.3 Å².